The van der Waals surface area contributed by atoms with Crippen LogP contribution in [0.3, 0.4) is 0 Å². The second-order valence-electron chi connectivity index (χ2n) is 7.54. The lowest BCUT2D eigenvalue weighted by molar-refractivity contribution is -0.156. The first-order valence-corrected chi connectivity index (χ1v) is 10.7. The summed E-state index contributed by atoms with van der Waals surface area (Å²) in [7, 11) is 1.17. The predicted octanol–water partition coefficient (Wildman–Crippen LogP) is 3.93. The molecule has 0 saturated carbocycles. The molecule has 0 aliphatic heterocycles. The van der Waals surface area contributed by atoms with E-state index in [4.69, 9.17) is 4.98 Å². The summed E-state index contributed by atoms with van der Waals surface area (Å²) in [5, 5.41) is 31.2. The van der Waals surface area contributed by atoms with Gasteiger partial charge < -0.3 is 20.1 Å². The van der Waals surface area contributed by atoms with Gasteiger partial charge in [-0.25, -0.2) is 9.78 Å². The van der Waals surface area contributed by atoms with Crippen LogP contribution in [-0.4, -0.2) is 45.6 Å². The van der Waals surface area contributed by atoms with E-state index in [0.717, 1.165) is 35.7 Å². The summed E-state index contributed by atoms with van der Waals surface area (Å²) in [6.45, 7) is 2.13. The van der Waals surface area contributed by atoms with E-state index in [2.05, 4.69) is 11.7 Å². The zero-order valence-corrected chi connectivity index (χ0v) is 17.8. The second-order valence-corrected chi connectivity index (χ2v) is 7.54. The molecule has 0 spiro atoms. The van der Waals surface area contributed by atoms with Gasteiger partial charge in [-0.05, 0) is 43.4 Å². The minimum atomic E-state index is -1.52. The number of esters is 1. The second kappa shape index (κ2) is 12.4. The number of carbonyl (C=O) groups is 1. The van der Waals surface area contributed by atoms with Crippen molar-refractivity contribution in [2.45, 2.75) is 70.2 Å². The number of ether oxygens (including phenoxy) is 1. The Kier molecular flexibility index (Phi) is 9.94. The van der Waals surface area contributed by atoms with Gasteiger partial charge in [-0.1, -0.05) is 56.5 Å². The van der Waals surface area contributed by atoms with Crippen molar-refractivity contribution in [2.24, 2.45) is 0 Å². The molecule has 3 atom stereocenters. The topological polar surface area (TPSA) is 99.9 Å². The Hall–Kier alpha value is -2.28. The van der Waals surface area contributed by atoms with Crippen LogP contribution in [0.2, 0.25) is 0 Å². The number of carbonyl (C=O) groups excluding carboxylic acids is 1. The number of fused-ring (bicyclic) bond motifs is 1. The number of aliphatic hydroxyl groups excluding tert-OH is 3. The van der Waals surface area contributed by atoms with E-state index in [1.165, 1.54) is 7.11 Å². The van der Waals surface area contributed by atoms with E-state index in [0.29, 0.717) is 25.0 Å². The lowest BCUT2D eigenvalue weighted by Crippen LogP contribution is -2.34. The lowest BCUT2D eigenvalue weighted by atomic mass is 10.0. The Balaban J connectivity index is 2.05. The lowest BCUT2D eigenvalue weighted by Gasteiger charge is -2.15. The fourth-order valence-electron chi connectivity index (χ4n) is 3.36. The minimum Gasteiger partial charge on any atom is -0.467 e. The van der Waals surface area contributed by atoms with Gasteiger partial charge in [0.25, 0.3) is 0 Å². The van der Waals surface area contributed by atoms with Gasteiger partial charge in [0, 0.05) is 5.39 Å². The predicted molar refractivity (Wildman–Crippen MR) is 118 cm³/mol. The van der Waals surface area contributed by atoms with Crippen LogP contribution in [0.1, 0.15) is 69.2 Å². The summed E-state index contributed by atoms with van der Waals surface area (Å²) >= 11 is 0. The van der Waals surface area contributed by atoms with Gasteiger partial charge >= 0.3 is 5.97 Å². The van der Waals surface area contributed by atoms with Crippen LogP contribution in [0, 0.1) is 0 Å². The highest BCUT2D eigenvalue weighted by Crippen LogP contribution is 2.26. The SMILES string of the molecule is CCCCC[C@H](O)c1nc2ccccc2cc1C=CCCCC(O)C(O)C(=O)OC. The van der Waals surface area contributed by atoms with E-state index in [1.807, 2.05) is 42.5 Å². The maximum atomic E-state index is 11.3. The van der Waals surface area contributed by atoms with Crippen molar-refractivity contribution in [3.05, 3.63) is 47.7 Å². The quantitative estimate of drug-likeness (QED) is 0.359. The Bertz CT molecular complexity index is 835. The van der Waals surface area contributed by atoms with Crippen LogP contribution >= 0.6 is 0 Å². The van der Waals surface area contributed by atoms with E-state index in [-0.39, 0.29) is 6.42 Å². The van der Waals surface area contributed by atoms with Gasteiger partial charge in [0.2, 0.25) is 0 Å². The van der Waals surface area contributed by atoms with Crippen LogP contribution in [0.15, 0.2) is 36.4 Å². The standard InChI is InChI=1S/C24H33NO5/c1-3-4-6-14-20(26)22-18(16-17-11-9-10-13-19(17)25-22)12-7-5-8-15-21(27)23(28)24(29)30-2/h7,9-13,16,20-21,23,26-28H,3-6,8,14-15H2,1-2H3/t20-,21?,23?/m0/s1. The van der Waals surface area contributed by atoms with E-state index in [1.54, 1.807) is 0 Å². The molecule has 6 heteroatoms. The molecular weight excluding hydrogens is 382 g/mol. The van der Waals surface area contributed by atoms with E-state index >= 15 is 0 Å². The number of aromatic nitrogens is 1. The molecule has 0 saturated heterocycles. The van der Waals surface area contributed by atoms with Crippen molar-refractivity contribution >= 4 is 22.9 Å². The van der Waals surface area contributed by atoms with Crippen molar-refractivity contribution in [3.63, 3.8) is 0 Å². The Labute approximate surface area is 178 Å². The summed E-state index contributed by atoms with van der Waals surface area (Å²) in [4.78, 5) is 16.0. The van der Waals surface area contributed by atoms with Crippen LogP contribution in [0.4, 0.5) is 0 Å². The number of rotatable bonds is 12. The van der Waals surface area contributed by atoms with Crippen LogP contribution in [-0.2, 0) is 9.53 Å². The van der Waals surface area contributed by atoms with Gasteiger partial charge in [-0.15, -0.1) is 0 Å². The smallest absolute Gasteiger partial charge is 0.337 e. The third-order valence-electron chi connectivity index (χ3n) is 5.16. The van der Waals surface area contributed by atoms with Crippen molar-refractivity contribution in [3.8, 4) is 0 Å². The van der Waals surface area contributed by atoms with Gasteiger partial charge in [0.15, 0.2) is 6.10 Å². The Morgan fingerprint density at radius 3 is 2.63 bits per heavy atom. The Morgan fingerprint density at radius 1 is 1.13 bits per heavy atom. The van der Waals surface area contributed by atoms with Gasteiger partial charge in [0.1, 0.15) is 0 Å². The van der Waals surface area contributed by atoms with Crippen molar-refractivity contribution < 1.29 is 24.9 Å². The fraction of sp³-hybridized carbons (Fsp3) is 0.500. The van der Waals surface area contributed by atoms with Gasteiger partial charge in [0.05, 0.1) is 30.5 Å². The molecule has 0 aliphatic carbocycles. The van der Waals surface area contributed by atoms with E-state index < -0.39 is 24.3 Å². The molecule has 30 heavy (non-hydrogen) atoms. The zero-order chi connectivity index (χ0) is 21.9. The molecule has 0 radical (unpaired) electrons. The molecule has 2 rings (SSSR count). The number of unbranched alkanes of at least 4 members (excludes halogenated alkanes) is 3. The molecule has 2 unspecified atom stereocenters. The highest BCUT2D eigenvalue weighted by molar-refractivity contribution is 5.81. The normalized spacial score (nSPS) is 14.7. The maximum Gasteiger partial charge on any atom is 0.337 e. The number of nitrogens with zero attached hydrogens (tertiary/aromatic N) is 1. The first-order chi connectivity index (χ1) is 14.5. The number of aliphatic hydroxyl groups is 3. The van der Waals surface area contributed by atoms with Crippen LogP contribution in [0.25, 0.3) is 17.0 Å². The van der Waals surface area contributed by atoms with Crippen molar-refractivity contribution in [2.75, 3.05) is 7.11 Å². The zero-order valence-electron chi connectivity index (χ0n) is 17.8. The average molecular weight is 416 g/mol. The molecule has 1 heterocycles. The van der Waals surface area contributed by atoms with Gasteiger partial charge in [-0.2, -0.15) is 0 Å². The first-order valence-electron chi connectivity index (χ1n) is 10.7. The Morgan fingerprint density at radius 2 is 1.90 bits per heavy atom. The molecule has 2 aromatic rings. The number of methoxy groups -OCH3 is 1. The summed E-state index contributed by atoms with van der Waals surface area (Å²) in [6, 6.07) is 9.87. The summed E-state index contributed by atoms with van der Waals surface area (Å²) in [6.07, 6.45) is 5.97. The highest BCUT2D eigenvalue weighted by atomic mass is 16.5. The van der Waals surface area contributed by atoms with E-state index in [9.17, 15) is 20.1 Å². The third kappa shape index (κ3) is 6.90. The monoisotopic (exact) mass is 415 g/mol. The summed E-state index contributed by atoms with van der Waals surface area (Å²) in [5.74, 6) is -0.831. The summed E-state index contributed by atoms with van der Waals surface area (Å²) in [5.41, 5.74) is 2.43. The molecular formula is C24H33NO5. The molecule has 6 nitrogen and oxygen atoms in total. The number of pyridine rings is 1. The minimum absolute atomic E-state index is 0.281. The number of para-hydroxylation sites is 1. The molecule has 0 bridgehead atoms. The molecule has 0 aliphatic rings. The first kappa shape index (κ1) is 24.0. The highest BCUT2D eigenvalue weighted by Gasteiger charge is 2.24. The van der Waals surface area contributed by atoms with Crippen molar-refractivity contribution in [1.29, 1.82) is 0 Å². The number of hydrogen-bond donors (Lipinski definition) is 3. The molecule has 0 fully saturated rings. The van der Waals surface area contributed by atoms with Crippen LogP contribution in [0.5, 0.6) is 0 Å². The number of benzene rings is 1. The molecule has 164 valence electrons. The maximum absolute atomic E-state index is 11.3. The number of hydrogen-bond acceptors (Lipinski definition) is 6. The largest absolute Gasteiger partial charge is 0.467 e. The van der Waals surface area contributed by atoms with Crippen LogP contribution < -0.4 is 0 Å². The summed E-state index contributed by atoms with van der Waals surface area (Å²) < 4.78 is 4.43. The average Bonchev–Trinajstić information content (AvgIpc) is 2.77. The molecule has 0 amide bonds. The molecule has 1 aromatic carbocycles. The van der Waals surface area contributed by atoms with Crippen molar-refractivity contribution in [1.82, 2.24) is 4.98 Å². The molecule has 1 aromatic heterocycles. The third-order valence-corrected chi connectivity index (χ3v) is 5.16. The number of allylic oxidation sites excluding steroid dienone is 1. The fourth-order valence-corrected chi connectivity index (χ4v) is 3.36. The molecule has 3 N–H and O–H groups in total. The van der Waals surface area contributed by atoms with Gasteiger partial charge in [-0.3, -0.25) is 0 Å².